The van der Waals surface area contributed by atoms with Crippen molar-refractivity contribution in [2.24, 2.45) is 0 Å². The first-order chi connectivity index (χ1) is 11.6. The number of aromatic nitrogens is 1. The SMILES string of the molecule is C[C@H](CNc1ccc([N+](=O)[O-])c2cccnc12)N1CCCCC1=O. The van der Waals surface area contributed by atoms with Gasteiger partial charge in [0, 0.05) is 37.8 Å². The lowest BCUT2D eigenvalue weighted by Crippen LogP contribution is -2.44. The molecule has 1 amide bonds. The Kier molecular flexibility index (Phi) is 4.59. The topological polar surface area (TPSA) is 88.4 Å². The van der Waals surface area contributed by atoms with E-state index in [2.05, 4.69) is 10.3 Å². The maximum atomic E-state index is 12.0. The smallest absolute Gasteiger partial charge is 0.278 e. The van der Waals surface area contributed by atoms with Gasteiger partial charge in [0.1, 0.15) is 5.52 Å². The Morgan fingerprint density at radius 2 is 2.21 bits per heavy atom. The minimum atomic E-state index is -0.400. The highest BCUT2D eigenvalue weighted by molar-refractivity contribution is 5.96. The summed E-state index contributed by atoms with van der Waals surface area (Å²) in [5.74, 6) is 0.197. The van der Waals surface area contributed by atoms with Gasteiger partial charge >= 0.3 is 0 Å². The number of fused-ring (bicyclic) bond motifs is 1. The molecule has 0 unspecified atom stereocenters. The molecule has 7 nitrogen and oxygen atoms in total. The molecule has 1 fully saturated rings. The van der Waals surface area contributed by atoms with Crippen LogP contribution in [0, 0.1) is 10.1 Å². The molecule has 7 heteroatoms. The highest BCUT2D eigenvalue weighted by atomic mass is 16.6. The number of nitrogens with zero attached hydrogens (tertiary/aromatic N) is 3. The lowest BCUT2D eigenvalue weighted by molar-refractivity contribution is -0.383. The summed E-state index contributed by atoms with van der Waals surface area (Å²) in [6, 6.07) is 6.62. The van der Waals surface area contributed by atoms with Crippen LogP contribution in [0.5, 0.6) is 0 Å². The van der Waals surface area contributed by atoms with E-state index in [1.165, 1.54) is 6.07 Å². The van der Waals surface area contributed by atoms with E-state index in [4.69, 9.17) is 0 Å². The number of piperidine rings is 1. The first-order valence-electron chi connectivity index (χ1n) is 8.13. The summed E-state index contributed by atoms with van der Waals surface area (Å²) in [7, 11) is 0. The molecule has 0 radical (unpaired) electrons. The van der Waals surface area contributed by atoms with Crippen molar-refractivity contribution in [3.63, 3.8) is 0 Å². The number of carbonyl (C=O) groups is 1. The van der Waals surface area contributed by atoms with Crippen LogP contribution in [-0.2, 0) is 4.79 Å². The number of hydrogen-bond acceptors (Lipinski definition) is 5. The Morgan fingerprint density at radius 1 is 1.38 bits per heavy atom. The van der Waals surface area contributed by atoms with Crippen LogP contribution >= 0.6 is 0 Å². The number of non-ortho nitro benzene ring substituents is 1. The van der Waals surface area contributed by atoms with Gasteiger partial charge in [0.25, 0.3) is 5.69 Å². The molecular weight excluding hydrogens is 308 g/mol. The third-order valence-corrected chi connectivity index (χ3v) is 4.42. The molecule has 126 valence electrons. The fourth-order valence-corrected chi connectivity index (χ4v) is 3.12. The van der Waals surface area contributed by atoms with Gasteiger partial charge < -0.3 is 10.2 Å². The van der Waals surface area contributed by atoms with Gasteiger partial charge in [-0.1, -0.05) is 0 Å². The second kappa shape index (κ2) is 6.82. The Bertz CT molecular complexity index is 778. The van der Waals surface area contributed by atoms with Gasteiger partial charge in [0.05, 0.1) is 16.0 Å². The van der Waals surface area contributed by atoms with E-state index in [9.17, 15) is 14.9 Å². The predicted octanol–water partition coefficient (Wildman–Crippen LogP) is 2.96. The van der Waals surface area contributed by atoms with Crippen LogP contribution in [0.25, 0.3) is 10.9 Å². The Labute approximate surface area is 139 Å². The van der Waals surface area contributed by atoms with Gasteiger partial charge in [0.2, 0.25) is 5.91 Å². The molecule has 1 aromatic heterocycles. The van der Waals surface area contributed by atoms with Crippen molar-refractivity contribution in [1.29, 1.82) is 0 Å². The summed E-state index contributed by atoms with van der Waals surface area (Å²) in [4.78, 5) is 28.9. The second-order valence-corrected chi connectivity index (χ2v) is 6.06. The molecule has 1 aliphatic heterocycles. The summed E-state index contributed by atoms with van der Waals surface area (Å²) in [6.45, 7) is 3.38. The molecule has 24 heavy (non-hydrogen) atoms. The van der Waals surface area contributed by atoms with E-state index >= 15 is 0 Å². The van der Waals surface area contributed by atoms with Gasteiger partial charge in [-0.2, -0.15) is 0 Å². The van der Waals surface area contributed by atoms with E-state index in [-0.39, 0.29) is 17.6 Å². The number of rotatable bonds is 5. The van der Waals surface area contributed by atoms with Crippen LogP contribution in [0.1, 0.15) is 26.2 Å². The predicted molar refractivity (Wildman–Crippen MR) is 91.9 cm³/mol. The summed E-state index contributed by atoms with van der Waals surface area (Å²) in [5, 5.41) is 14.9. The van der Waals surface area contributed by atoms with Crippen molar-refractivity contribution in [2.45, 2.75) is 32.2 Å². The van der Waals surface area contributed by atoms with Crippen molar-refractivity contribution in [3.8, 4) is 0 Å². The summed E-state index contributed by atoms with van der Waals surface area (Å²) < 4.78 is 0. The number of nitro benzene ring substituents is 1. The molecule has 0 spiro atoms. The van der Waals surface area contributed by atoms with Crippen LogP contribution in [0.4, 0.5) is 11.4 Å². The zero-order chi connectivity index (χ0) is 17.1. The Balaban J connectivity index is 1.79. The zero-order valence-electron chi connectivity index (χ0n) is 13.6. The van der Waals surface area contributed by atoms with Gasteiger partial charge in [-0.15, -0.1) is 0 Å². The molecule has 3 rings (SSSR count). The first kappa shape index (κ1) is 16.2. The van der Waals surface area contributed by atoms with E-state index < -0.39 is 4.92 Å². The number of nitrogens with one attached hydrogen (secondary N) is 1. The number of carbonyl (C=O) groups excluding carboxylic acids is 1. The van der Waals surface area contributed by atoms with Crippen molar-refractivity contribution in [3.05, 3.63) is 40.6 Å². The lowest BCUT2D eigenvalue weighted by atomic mass is 10.1. The highest BCUT2D eigenvalue weighted by Gasteiger charge is 2.23. The molecule has 2 aromatic rings. The highest BCUT2D eigenvalue weighted by Crippen LogP contribution is 2.29. The van der Waals surface area contributed by atoms with E-state index in [0.29, 0.717) is 23.9 Å². The van der Waals surface area contributed by atoms with Crippen molar-refractivity contribution < 1.29 is 9.72 Å². The molecule has 1 N–H and O–H groups in total. The third-order valence-electron chi connectivity index (χ3n) is 4.42. The van der Waals surface area contributed by atoms with Crippen LogP contribution < -0.4 is 5.32 Å². The molecule has 0 bridgehead atoms. The summed E-state index contributed by atoms with van der Waals surface area (Å²) in [6.07, 6.45) is 4.24. The van der Waals surface area contributed by atoms with Crippen molar-refractivity contribution in [2.75, 3.05) is 18.4 Å². The molecule has 1 atom stereocenters. The quantitative estimate of drug-likeness (QED) is 0.673. The average molecular weight is 328 g/mol. The maximum absolute atomic E-state index is 12.0. The normalized spacial score (nSPS) is 16.2. The van der Waals surface area contributed by atoms with E-state index in [0.717, 1.165) is 25.1 Å². The largest absolute Gasteiger partial charge is 0.381 e. The zero-order valence-corrected chi connectivity index (χ0v) is 13.6. The molecule has 2 heterocycles. The number of anilines is 1. The van der Waals surface area contributed by atoms with Crippen LogP contribution in [-0.4, -0.2) is 39.8 Å². The van der Waals surface area contributed by atoms with Crippen LogP contribution in [0.3, 0.4) is 0 Å². The molecule has 0 saturated carbocycles. The lowest BCUT2D eigenvalue weighted by Gasteiger charge is -2.32. The third kappa shape index (κ3) is 3.15. The number of amides is 1. The monoisotopic (exact) mass is 328 g/mol. The van der Waals surface area contributed by atoms with Crippen LogP contribution in [0.2, 0.25) is 0 Å². The van der Waals surface area contributed by atoms with Gasteiger partial charge in [0.15, 0.2) is 0 Å². The van der Waals surface area contributed by atoms with E-state index in [1.54, 1.807) is 24.4 Å². The minimum absolute atomic E-state index is 0.0444. The Hall–Kier alpha value is -2.70. The standard InChI is InChI=1S/C17H20N4O3/c1-12(20-10-3-2-6-16(20)22)11-19-14-7-8-15(21(23)24)13-5-4-9-18-17(13)14/h4-5,7-9,12,19H,2-3,6,10-11H2,1H3/t12-/m1/s1. The van der Waals surface area contributed by atoms with Gasteiger partial charge in [-0.05, 0) is 38.0 Å². The minimum Gasteiger partial charge on any atom is -0.381 e. The number of benzene rings is 1. The fraction of sp³-hybridized carbons (Fsp3) is 0.412. The van der Waals surface area contributed by atoms with Crippen LogP contribution in [0.15, 0.2) is 30.5 Å². The van der Waals surface area contributed by atoms with E-state index in [1.807, 2.05) is 11.8 Å². The molecule has 1 saturated heterocycles. The fourth-order valence-electron chi connectivity index (χ4n) is 3.12. The number of likely N-dealkylation sites (tertiary alicyclic amines) is 1. The summed E-state index contributed by atoms with van der Waals surface area (Å²) in [5.41, 5.74) is 1.36. The number of pyridine rings is 1. The first-order valence-corrected chi connectivity index (χ1v) is 8.13. The average Bonchev–Trinajstić information content (AvgIpc) is 2.59. The molecule has 1 aromatic carbocycles. The van der Waals surface area contributed by atoms with Crippen molar-refractivity contribution >= 4 is 28.2 Å². The molecule has 1 aliphatic rings. The number of hydrogen-bond donors (Lipinski definition) is 1. The summed E-state index contributed by atoms with van der Waals surface area (Å²) >= 11 is 0. The molecular formula is C17H20N4O3. The molecule has 0 aliphatic carbocycles. The van der Waals surface area contributed by atoms with Gasteiger partial charge in [-0.25, -0.2) is 0 Å². The van der Waals surface area contributed by atoms with Gasteiger partial charge in [-0.3, -0.25) is 19.9 Å². The maximum Gasteiger partial charge on any atom is 0.278 e. The van der Waals surface area contributed by atoms with Crippen molar-refractivity contribution in [1.82, 2.24) is 9.88 Å². The number of nitro groups is 1. The second-order valence-electron chi connectivity index (χ2n) is 6.06. The Morgan fingerprint density at radius 3 is 2.96 bits per heavy atom.